The first-order valence-corrected chi connectivity index (χ1v) is 6.29. The van der Waals surface area contributed by atoms with Gasteiger partial charge in [-0.1, -0.05) is 41.6 Å². The summed E-state index contributed by atoms with van der Waals surface area (Å²) >= 11 is 13.4. The molecule has 0 N–H and O–H groups in total. The number of alkyl halides is 2. The van der Waals surface area contributed by atoms with Gasteiger partial charge in [0.15, 0.2) is 0 Å². The fourth-order valence-corrected chi connectivity index (χ4v) is 2.62. The number of carbonyl (C=O) groups is 1. The average molecular weight is 279 g/mol. The first-order valence-electron chi connectivity index (χ1n) is 4.66. The predicted octanol–water partition coefficient (Wildman–Crippen LogP) is 3.51. The minimum absolute atomic E-state index is 0.537. The second-order valence-corrected chi connectivity index (χ2v) is 5.96. The number of hydrogen-bond acceptors (Lipinski definition) is 3. The predicted molar refractivity (Wildman–Crippen MR) is 68.2 cm³/mol. The van der Waals surface area contributed by atoms with Crippen molar-refractivity contribution >= 4 is 40.9 Å². The summed E-state index contributed by atoms with van der Waals surface area (Å²) in [6.07, 6.45) is 0. The Kier molecular flexibility index (Phi) is 4.96. The summed E-state index contributed by atoms with van der Waals surface area (Å²) in [5.74, 6) is -0.537. The molecule has 0 amide bonds. The molecule has 1 aromatic rings. The highest BCUT2D eigenvalue weighted by atomic mass is 35.5. The molecule has 0 saturated carbocycles. The summed E-state index contributed by atoms with van der Waals surface area (Å²) in [7, 11) is 1.30. The molecular formula is C11H12Cl2O2S. The molecule has 0 radical (unpaired) electrons. The topological polar surface area (TPSA) is 26.3 Å². The Morgan fingerprint density at radius 3 is 2.44 bits per heavy atom. The fourth-order valence-electron chi connectivity index (χ4n) is 1.08. The lowest BCUT2D eigenvalue weighted by Crippen LogP contribution is -2.37. The van der Waals surface area contributed by atoms with E-state index in [9.17, 15) is 4.79 Å². The Bertz CT molecular complexity index is 356. The van der Waals surface area contributed by atoms with Crippen molar-refractivity contribution in [2.24, 2.45) is 0 Å². The monoisotopic (exact) mass is 278 g/mol. The SMILES string of the molecule is COC(=O)C(Cl)(Sc1ccccc1)C(C)Cl. The molecule has 1 rings (SSSR count). The van der Waals surface area contributed by atoms with Crippen molar-refractivity contribution in [2.75, 3.05) is 7.11 Å². The lowest BCUT2D eigenvalue weighted by Gasteiger charge is -2.25. The number of carbonyl (C=O) groups excluding carboxylic acids is 1. The molecule has 2 atom stereocenters. The largest absolute Gasteiger partial charge is 0.467 e. The van der Waals surface area contributed by atoms with E-state index in [4.69, 9.17) is 23.2 Å². The van der Waals surface area contributed by atoms with Crippen LogP contribution in [0.3, 0.4) is 0 Å². The Morgan fingerprint density at radius 1 is 1.44 bits per heavy atom. The van der Waals surface area contributed by atoms with Gasteiger partial charge in [0.25, 0.3) is 0 Å². The van der Waals surface area contributed by atoms with Crippen LogP contribution in [0.4, 0.5) is 0 Å². The Hall–Kier alpha value is -0.380. The standard InChI is InChI=1S/C11H12Cl2O2S/c1-8(12)11(13,10(14)15-2)16-9-6-4-3-5-7-9/h3-8H,1-2H3. The highest BCUT2D eigenvalue weighted by molar-refractivity contribution is 8.02. The number of halogens is 2. The van der Waals surface area contributed by atoms with Crippen molar-refractivity contribution in [3.05, 3.63) is 30.3 Å². The van der Waals surface area contributed by atoms with Gasteiger partial charge in [-0.15, -0.1) is 11.6 Å². The molecule has 1 aromatic carbocycles. The Labute approximate surface area is 109 Å². The van der Waals surface area contributed by atoms with E-state index in [2.05, 4.69) is 4.74 Å². The Balaban J connectivity index is 2.92. The van der Waals surface area contributed by atoms with Crippen LogP contribution in [0.2, 0.25) is 0 Å². The van der Waals surface area contributed by atoms with Crippen LogP contribution < -0.4 is 0 Å². The van der Waals surface area contributed by atoms with E-state index >= 15 is 0 Å². The van der Waals surface area contributed by atoms with Gasteiger partial charge < -0.3 is 4.74 Å². The lowest BCUT2D eigenvalue weighted by atomic mass is 10.3. The maximum absolute atomic E-state index is 11.6. The van der Waals surface area contributed by atoms with E-state index in [1.807, 2.05) is 30.3 Å². The van der Waals surface area contributed by atoms with E-state index in [0.29, 0.717) is 0 Å². The van der Waals surface area contributed by atoms with Crippen molar-refractivity contribution in [3.63, 3.8) is 0 Å². The van der Waals surface area contributed by atoms with Gasteiger partial charge in [0, 0.05) is 4.90 Å². The summed E-state index contributed by atoms with van der Waals surface area (Å²) in [5.41, 5.74) is 0. The van der Waals surface area contributed by atoms with Gasteiger partial charge in [0.1, 0.15) is 0 Å². The molecular weight excluding hydrogens is 267 g/mol. The first kappa shape index (κ1) is 13.7. The van der Waals surface area contributed by atoms with Gasteiger partial charge in [0.05, 0.1) is 12.5 Å². The highest BCUT2D eigenvalue weighted by Crippen LogP contribution is 2.42. The number of rotatable bonds is 4. The van der Waals surface area contributed by atoms with Crippen molar-refractivity contribution in [1.29, 1.82) is 0 Å². The first-order chi connectivity index (χ1) is 7.50. The zero-order chi connectivity index (χ0) is 12.2. The minimum atomic E-state index is -1.29. The molecule has 0 aliphatic heterocycles. The molecule has 0 bridgehead atoms. The zero-order valence-electron chi connectivity index (χ0n) is 8.94. The van der Waals surface area contributed by atoms with Crippen molar-refractivity contribution < 1.29 is 9.53 Å². The molecule has 0 fully saturated rings. The third-order valence-corrected chi connectivity index (χ3v) is 4.59. The van der Waals surface area contributed by atoms with Gasteiger partial charge in [0.2, 0.25) is 4.21 Å². The molecule has 88 valence electrons. The second kappa shape index (κ2) is 5.80. The van der Waals surface area contributed by atoms with Gasteiger partial charge in [-0.2, -0.15) is 0 Å². The number of methoxy groups -OCH3 is 1. The van der Waals surface area contributed by atoms with Crippen molar-refractivity contribution in [1.82, 2.24) is 0 Å². The minimum Gasteiger partial charge on any atom is -0.467 e. The van der Waals surface area contributed by atoms with Gasteiger partial charge in [-0.3, -0.25) is 0 Å². The second-order valence-electron chi connectivity index (χ2n) is 3.17. The number of benzene rings is 1. The molecule has 0 aromatic heterocycles. The van der Waals surface area contributed by atoms with Crippen molar-refractivity contribution in [3.8, 4) is 0 Å². The summed E-state index contributed by atoms with van der Waals surface area (Å²) in [6, 6.07) is 9.36. The van der Waals surface area contributed by atoms with Gasteiger partial charge in [-0.25, -0.2) is 4.79 Å². The van der Waals surface area contributed by atoms with Crippen LogP contribution in [0.15, 0.2) is 35.2 Å². The van der Waals surface area contributed by atoms with Crippen LogP contribution in [0.1, 0.15) is 6.92 Å². The highest BCUT2D eigenvalue weighted by Gasteiger charge is 2.43. The van der Waals surface area contributed by atoms with E-state index in [1.165, 1.54) is 18.9 Å². The maximum Gasteiger partial charge on any atom is 0.339 e. The van der Waals surface area contributed by atoms with Crippen LogP contribution in [-0.4, -0.2) is 22.7 Å². The molecule has 2 nitrogen and oxygen atoms in total. The molecule has 0 spiro atoms. The molecule has 0 heterocycles. The average Bonchev–Trinajstić information content (AvgIpc) is 2.28. The maximum atomic E-state index is 11.6. The number of esters is 1. The van der Waals surface area contributed by atoms with E-state index in [-0.39, 0.29) is 0 Å². The summed E-state index contributed by atoms with van der Waals surface area (Å²) in [6.45, 7) is 1.67. The van der Waals surface area contributed by atoms with E-state index < -0.39 is 15.6 Å². The Morgan fingerprint density at radius 2 is 2.00 bits per heavy atom. The molecule has 2 unspecified atom stereocenters. The van der Waals surface area contributed by atoms with Crippen LogP contribution >= 0.6 is 35.0 Å². The lowest BCUT2D eigenvalue weighted by molar-refractivity contribution is -0.141. The third-order valence-electron chi connectivity index (χ3n) is 1.98. The summed E-state index contributed by atoms with van der Waals surface area (Å²) in [5, 5.41) is -0.549. The van der Waals surface area contributed by atoms with Crippen LogP contribution in [0.25, 0.3) is 0 Å². The molecule has 16 heavy (non-hydrogen) atoms. The molecule has 5 heteroatoms. The van der Waals surface area contributed by atoms with Crippen molar-refractivity contribution in [2.45, 2.75) is 21.4 Å². The molecule has 0 aliphatic rings. The fraction of sp³-hybridized carbons (Fsp3) is 0.364. The van der Waals surface area contributed by atoms with Gasteiger partial charge in [-0.05, 0) is 19.1 Å². The quantitative estimate of drug-likeness (QED) is 0.479. The normalized spacial score (nSPS) is 16.2. The molecule has 0 aliphatic carbocycles. The number of hydrogen-bond donors (Lipinski definition) is 0. The number of thioether (sulfide) groups is 1. The van der Waals surface area contributed by atoms with Crippen LogP contribution in [-0.2, 0) is 9.53 Å². The summed E-state index contributed by atoms with van der Waals surface area (Å²) < 4.78 is 3.38. The zero-order valence-corrected chi connectivity index (χ0v) is 11.3. The van der Waals surface area contributed by atoms with E-state index in [1.54, 1.807) is 6.92 Å². The van der Waals surface area contributed by atoms with Gasteiger partial charge >= 0.3 is 5.97 Å². The molecule has 0 saturated heterocycles. The number of ether oxygens (including phenoxy) is 1. The third kappa shape index (κ3) is 3.06. The summed E-state index contributed by atoms with van der Waals surface area (Å²) in [4.78, 5) is 12.5. The van der Waals surface area contributed by atoms with Crippen LogP contribution in [0.5, 0.6) is 0 Å². The smallest absolute Gasteiger partial charge is 0.339 e. The van der Waals surface area contributed by atoms with E-state index in [0.717, 1.165) is 4.90 Å². The van der Waals surface area contributed by atoms with Crippen LogP contribution in [0, 0.1) is 0 Å².